The molecule has 0 aliphatic heterocycles. The maximum absolute atomic E-state index is 11.9. The van der Waals surface area contributed by atoms with Crippen LogP contribution in [0.25, 0.3) is 0 Å². The highest BCUT2D eigenvalue weighted by atomic mass is 16.5. The van der Waals surface area contributed by atoms with Gasteiger partial charge in [0.15, 0.2) is 11.5 Å². The Morgan fingerprint density at radius 3 is 2.13 bits per heavy atom. The van der Waals surface area contributed by atoms with Crippen LogP contribution in [0.4, 0.5) is 10.5 Å². The van der Waals surface area contributed by atoms with E-state index in [1.54, 1.807) is 19.1 Å². The number of methoxy groups -OCH3 is 3. The smallest absolute Gasteiger partial charge is 0.407 e. The van der Waals surface area contributed by atoms with Gasteiger partial charge in [-0.05, 0) is 6.92 Å². The number of benzene rings is 1. The van der Waals surface area contributed by atoms with Crippen LogP contribution in [0.3, 0.4) is 0 Å². The maximum Gasteiger partial charge on any atom is 0.407 e. The zero-order valence-electron chi connectivity index (χ0n) is 13.7. The number of alkyl carbamates (subject to hydrolysis) is 1. The topological polar surface area (TPSA) is 95.1 Å². The second-order valence-corrected chi connectivity index (χ2v) is 4.36. The van der Waals surface area contributed by atoms with Crippen molar-refractivity contribution in [1.82, 2.24) is 5.32 Å². The summed E-state index contributed by atoms with van der Waals surface area (Å²) >= 11 is 0. The third-order valence-electron chi connectivity index (χ3n) is 2.85. The fraction of sp³-hybridized carbons (Fsp3) is 0.467. The van der Waals surface area contributed by atoms with Crippen LogP contribution >= 0.6 is 0 Å². The molecule has 0 radical (unpaired) electrons. The van der Waals surface area contributed by atoms with Crippen molar-refractivity contribution in [1.29, 1.82) is 0 Å². The van der Waals surface area contributed by atoms with E-state index in [4.69, 9.17) is 18.9 Å². The number of amides is 2. The van der Waals surface area contributed by atoms with E-state index in [0.29, 0.717) is 22.9 Å². The summed E-state index contributed by atoms with van der Waals surface area (Å²) < 4.78 is 20.3. The number of carbonyl (C=O) groups is 2. The number of anilines is 1. The average Bonchev–Trinajstić information content (AvgIpc) is 2.54. The van der Waals surface area contributed by atoms with E-state index in [0.717, 1.165) is 0 Å². The second kappa shape index (κ2) is 9.39. The molecule has 0 aliphatic rings. The Morgan fingerprint density at radius 1 is 1.04 bits per heavy atom. The minimum atomic E-state index is -0.548. The molecular formula is C15H22N2O6. The van der Waals surface area contributed by atoms with Gasteiger partial charge in [0.1, 0.15) is 0 Å². The SMILES string of the molecule is CCOC(=O)NCCC(=O)Nc1cc(OC)c(OC)c(OC)c1. The van der Waals surface area contributed by atoms with Gasteiger partial charge in [0.05, 0.1) is 27.9 Å². The Bertz CT molecular complexity index is 522. The van der Waals surface area contributed by atoms with Crippen molar-refractivity contribution in [3.05, 3.63) is 12.1 Å². The lowest BCUT2D eigenvalue weighted by molar-refractivity contribution is -0.116. The third kappa shape index (κ3) is 5.57. The fourth-order valence-electron chi connectivity index (χ4n) is 1.84. The first-order valence-corrected chi connectivity index (χ1v) is 7.06. The zero-order chi connectivity index (χ0) is 17.2. The quantitative estimate of drug-likeness (QED) is 0.756. The molecule has 1 aromatic rings. The maximum atomic E-state index is 11.9. The van der Waals surface area contributed by atoms with E-state index in [-0.39, 0.29) is 25.5 Å². The summed E-state index contributed by atoms with van der Waals surface area (Å²) in [4.78, 5) is 23.0. The van der Waals surface area contributed by atoms with Crippen LogP contribution in [0.2, 0.25) is 0 Å². The summed E-state index contributed by atoms with van der Waals surface area (Å²) in [6.45, 7) is 2.16. The summed E-state index contributed by atoms with van der Waals surface area (Å²) in [6.07, 6.45) is -0.441. The third-order valence-corrected chi connectivity index (χ3v) is 2.85. The van der Waals surface area contributed by atoms with Gasteiger partial charge in [-0.1, -0.05) is 0 Å². The van der Waals surface area contributed by atoms with Crippen molar-refractivity contribution in [2.75, 3.05) is 39.8 Å². The molecule has 0 aliphatic carbocycles. The van der Waals surface area contributed by atoms with Crippen LogP contribution in [0.15, 0.2) is 12.1 Å². The molecule has 0 unspecified atom stereocenters. The summed E-state index contributed by atoms with van der Waals surface area (Å²) in [5.74, 6) is 1.05. The van der Waals surface area contributed by atoms with Gasteiger partial charge in [-0.3, -0.25) is 4.79 Å². The average molecular weight is 326 g/mol. The molecule has 8 nitrogen and oxygen atoms in total. The van der Waals surface area contributed by atoms with Crippen LogP contribution in [0, 0.1) is 0 Å². The molecule has 0 saturated heterocycles. The molecule has 2 N–H and O–H groups in total. The molecule has 0 bridgehead atoms. The summed E-state index contributed by atoms with van der Waals surface area (Å²) in [6, 6.07) is 3.25. The van der Waals surface area contributed by atoms with Gasteiger partial charge < -0.3 is 29.6 Å². The van der Waals surface area contributed by atoms with Gasteiger partial charge in [0.2, 0.25) is 11.7 Å². The van der Waals surface area contributed by atoms with E-state index >= 15 is 0 Å². The molecule has 0 atom stereocenters. The van der Waals surface area contributed by atoms with Crippen LogP contribution in [-0.2, 0) is 9.53 Å². The molecule has 0 aromatic heterocycles. The molecule has 2 amide bonds. The Labute approximate surface area is 135 Å². The van der Waals surface area contributed by atoms with Gasteiger partial charge in [-0.2, -0.15) is 0 Å². The Kier molecular flexibility index (Phi) is 7.52. The zero-order valence-corrected chi connectivity index (χ0v) is 13.7. The Balaban J connectivity index is 2.66. The molecule has 0 saturated carbocycles. The molecule has 128 valence electrons. The van der Waals surface area contributed by atoms with Crippen molar-refractivity contribution in [2.24, 2.45) is 0 Å². The lowest BCUT2D eigenvalue weighted by Gasteiger charge is -2.14. The summed E-state index contributed by atoms with van der Waals surface area (Å²) in [5.41, 5.74) is 0.501. The first-order valence-electron chi connectivity index (χ1n) is 7.06. The van der Waals surface area contributed by atoms with E-state index in [9.17, 15) is 9.59 Å². The van der Waals surface area contributed by atoms with E-state index < -0.39 is 6.09 Å². The highest BCUT2D eigenvalue weighted by Gasteiger charge is 2.14. The number of hydrogen-bond acceptors (Lipinski definition) is 6. The Hall–Kier alpha value is -2.64. The highest BCUT2D eigenvalue weighted by molar-refractivity contribution is 5.91. The number of hydrogen-bond donors (Lipinski definition) is 2. The van der Waals surface area contributed by atoms with Crippen molar-refractivity contribution >= 4 is 17.7 Å². The molecular weight excluding hydrogens is 304 g/mol. The van der Waals surface area contributed by atoms with Crippen molar-refractivity contribution in [3.8, 4) is 17.2 Å². The van der Waals surface area contributed by atoms with E-state index in [2.05, 4.69) is 10.6 Å². The summed E-state index contributed by atoms with van der Waals surface area (Å²) in [5, 5.41) is 5.17. The number of ether oxygens (including phenoxy) is 4. The summed E-state index contributed by atoms with van der Waals surface area (Å²) in [7, 11) is 4.48. The van der Waals surface area contributed by atoms with Crippen LogP contribution in [-0.4, -0.2) is 46.5 Å². The van der Waals surface area contributed by atoms with Crippen LogP contribution in [0.1, 0.15) is 13.3 Å². The van der Waals surface area contributed by atoms with Gasteiger partial charge in [-0.15, -0.1) is 0 Å². The first kappa shape index (κ1) is 18.4. The predicted molar refractivity (Wildman–Crippen MR) is 84.4 cm³/mol. The molecule has 0 fully saturated rings. The molecule has 0 heterocycles. The molecule has 1 aromatic carbocycles. The highest BCUT2D eigenvalue weighted by Crippen LogP contribution is 2.39. The second-order valence-electron chi connectivity index (χ2n) is 4.36. The van der Waals surface area contributed by atoms with Crippen LogP contribution in [0.5, 0.6) is 17.2 Å². The fourth-order valence-corrected chi connectivity index (χ4v) is 1.84. The standard InChI is InChI=1S/C15H22N2O6/c1-5-23-15(19)16-7-6-13(18)17-10-8-11(20-2)14(22-4)12(9-10)21-3/h8-9H,5-7H2,1-4H3,(H,16,19)(H,17,18). The minimum absolute atomic E-state index is 0.107. The first-order chi connectivity index (χ1) is 11.0. The van der Waals surface area contributed by atoms with Crippen molar-refractivity contribution < 1.29 is 28.5 Å². The largest absolute Gasteiger partial charge is 0.493 e. The lowest BCUT2D eigenvalue weighted by atomic mass is 10.2. The van der Waals surface area contributed by atoms with E-state index in [1.165, 1.54) is 21.3 Å². The molecule has 1 rings (SSSR count). The van der Waals surface area contributed by atoms with Gasteiger partial charge in [0, 0.05) is 30.8 Å². The van der Waals surface area contributed by atoms with Gasteiger partial charge in [0.25, 0.3) is 0 Å². The van der Waals surface area contributed by atoms with Crippen molar-refractivity contribution in [3.63, 3.8) is 0 Å². The lowest BCUT2D eigenvalue weighted by Crippen LogP contribution is -2.28. The Morgan fingerprint density at radius 2 is 1.65 bits per heavy atom. The molecule has 23 heavy (non-hydrogen) atoms. The van der Waals surface area contributed by atoms with E-state index in [1.807, 2.05) is 0 Å². The number of nitrogens with one attached hydrogen (secondary N) is 2. The van der Waals surface area contributed by atoms with Crippen molar-refractivity contribution in [2.45, 2.75) is 13.3 Å². The predicted octanol–water partition coefficient (Wildman–Crippen LogP) is 1.79. The molecule has 8 heteroatoms. The van der Waals surface area contributed by atoms with Gasteiger partial charge in [-0.25, -0.2) is 4.79 Å². The monoisotopic (exact) mass is 326 g/mol. The number of carbonyl (C=O) groups excluding carboxylic acids is 2. The van der Waals surface area contributed by atoms with Crippen LogP contribution < -0.4 is 24.8 Å². The minimum Gasteiger partial charge on any atom is -0.493 e. The number of rotatable bonds is 8. The van der Waals surface area contributed by atoms with Gasteiger partial charge >= 0.3 is 6.09 Å². The molecule has 0 spiro atoms. The normalized spacial score (nSPS) is 9.74.